The van der Waals surface area contributed by atoms with Gasteiger partial charge in [-0.25, -0.2) is 0 Å². The van der Waals surface area contributed by atoms with E-state index in [0.717, 1.165) is 22.6 Å². The average molecular weight is 742 g/mol. The van der Waals surface area contributed by atoms with Gasteiger partial charge in [0.2, 0.25) is 0 Å². The van der Waals surface area contributed by atoms with Crippen LogP contribution in [-0.2, 0) is 0 Å². The molecule has 3 heteroatoms. The quantitative estimate of drug-likeness (QED) is 0.155. The number of nitrogens with zero attached hydrogens (tertiary/aromatic N) is 3. The van der Waals surface area contributed by atoms with Crippen molar-refractivity contribution in [3.8, 4) is 39.3 Å². The van der Waals surface area contributed by atoms with E-state index in [1.807, 2.05) is 6.08 Å². The van der Waals surface area contributed by atoms with Crippen molar-refractivity contribution in [3.63, 3.8) is 0 Å². The van der Waals surface area contributed by atoms with Crippen LogP contribution in [0.25, 0.3) is 106 Å². The summed E-state index contributed by atoms with van der Waals surface area (Å²) >= 11 is 0. The summed E-state index contributed by atoms with van der Waals surface area (Å²) in [4.78, 5) is 0. The van der Waals surface area contributed by atoms with Gasteiger partial charge in [-0.3, -0.25) is 0 Å². The van der Waals surface area contributed by atoms with Crippen LogP contribution in [0.15, 0.2) is 201 Å². The number of hydrogen-bond donors (Lipinski definition) is 0. The number of benzene rings is 8. The second-order valence-electron chi connectivity index (χ2n) is 15.0. The molecule has 0 bridgehead atoms. The molecular weight excluding hydrogens is 703 g/mol. The fraction of sp³-hybridized carbons (Fsp3) is 0.0182. The first-order valence-corrected chi connectivity index (χ1v) is 19.9. The summed E-state index contributed by atoms with van der Waals surface area (Å²) in [5, 5.41) is 6.16. The Hall–Kier alpha value is -7.62. The Morgan fingerprint density at radius 3 is 1.17 bits per heavy atom. The summed E-state index contributed by atoms with van der Waals surface area (Å²) in [6.07, 6.45) is 6.30. The van der Waals surface area contributed by atoms with Gasteiger partial charge in [-0.2, -0.15) is 0 Å². The second kappa shape index (κ2) is 13.5. The molecule has 0 aliphatic rings. The largest absolute Gasteiger partial charge is 0.309 e. The maximum absolute atomic E-state index is 4.24. The van der Waals surface area contributed by atoms with Crippen LogP contribution in [0.3, 0.4) is 0 Å². The molecule has 11 aromatic rings. The Kier molecular flexibility index (Phi) is 7.87. The van der Waals surface area contributed by atoms with Gasteiger partial charge in [0.05, 0.1) is 33.3 Å². The zero-order valence-corrected chi connectivity index (χ0v) is 32.2. The molecule has 274 valence electrons. The molecular formula is C55H39N3. The van der Waals surface area contributed by atoms with Crippen LogP contribution in [0.1, 0.15) is 18.2 Å². The molecule has 0 amide bonds. The number of hydrogen-bond acceptors (Lipinski definition) is 0. The molecule has 0 aliphatic carbocycles. The molecule has 0 fully saturated rings. The van der Waals surface area contributed by atoms with Crippen molar-refractivity contribution in [1.82, 2.24) is 13.7 Å². The molecule has 11 rings (SSSR count). The third kappa shape index (κ3) is 5.21. The van der Waals surface area contributed by atoms with Crippen molar-refractivity contribution in [3.05, 3.63) is 212 Å². The predicted molar refractivity (Wildman–Crippen MR) is 248 cm³/mol. The molecule has 3 aromatic heterocycles. The summed E-state index contributed by atoms with van der Waals surface area (Å²) in [5.41, 5.74) is 16.4. The lowest BCUT2D eigenvalue weighted by molar-refractivity contribution is 1.11. The van der Waals surface area contributed by atoms with Crippen molar-refractivity contribution >= 4 is 66.7 Å². The fourth-order valence-electron chi connectivity index (χ4n) is 9.16. The molecule has 0 saturated heterocycles. The summed E-state index contributed by atoms with van der Waals surface area (Å²) in [6, 6.07) is 68.4. The summed E-state index contributed by atoms with van der Waals surface area (Å²) in [7, 11) is 0. The lowest BCUT2D eigenvalue weighted by Crippen LogP contribution is -1.96. The molecule has 0 radical (unpaired) electrons. The second-order valence-corrected chi connectivity index (χ2v) is 15.0. The van der Waals surface area contributed by atoms with Crippen LogP contribution in [0.2, 0.25) is 0 Å². The van der Waals surface area contributed by atoms with Crippen molar-refractivity contribution < 1.29 is 0 Å². The van der Waals surface area contributed by atoms with E-state index in [4.69, 9.17) is 0 Å². The van der Waals surface area contributed by atoms with E-state index < -0.39 is 0 Å². The van der Waals surface area contributed by atoms with Crippen molar-refractivity contribution in [1.29, 1.82) is 0 Å². The van der Waals surface area contributed by atoms with E-state index in [9.17, 15) is 0 Å². The van der Waals surface area contributed by atoms with Crippen LogP contribution in [0.4, 0.5) is 0 Å². The SMILES string of the molecule is C=Cc1c(/C=C\C)c2cc(-c3ccc4c(c3)c3cc(-c5ccc6c(c5)c5ccccc5n6-c5ccccc5)ccc3n4-c3ccccc3)ccc2n1-c1ccccc1. The van der Waals surface area contributed by atoms with Crippen LogP contribution in [-0.4, -0.2) is 13.7 Å². The highest BCUT2D eigenvalue weighted by Crippen LogP contribution is 2.41. The van der Waals surface area contributed by atoms with E-state index in [2.05, 4.69) is 227 Å². The van der Waals surface area contributed by atoms with Crippen LogP contribution >= 0.6 is 0 Å². The number of para-hydroxylation sites is 4. The molecule has 0 unspecified atom stereocenters. The topological polar surface area (TPSA) is 14.8 Å². The zero-order valence-electron chi connectivity index (χ0n) is 32.2. The standard InChI is InChI=1S/C55H39N3/c1-3-16-44-46-33-37(25-29-52(46)56(50(44)4-2)41-17-8-5-9-18-41)39-27-31-54-48(35-39)49-36-40(28-32-55(49)58(54)43-21-12-7-13-22-43)38-26-30-53-47(34-38)45-23-14-15-24-51(45)57(53)42-19-10-6-11-20-42/h3-36H,2H2,1H3/b16-3-. The zero-order chi connectivity index (χ0) is 38.7. The van der Waals surface area contributed by atoms with E-state index >= 15 is 0 Å². The summed E-state index contributed by atoms with van der Waals surface area (Å²) in [6.45, 7) is 6.32. The smallest absolute Gasteiger partial charge is 0.0541 e. The van der Waals surface area contributed by atoms with Gasteiger partial charge >= 0.3 is 0 Å². The highest BCUT2D eigenvalue weighted by atomic mass is 15.0. The van der Waals surface area contributed by atoms with Crippen molar-refractivity contribution in [2.45, 2.75) is 6.92 Å². The monoisotopic (exact) mass is 741 g/mol. The Morgan fingerprint density at radius 2 is 0.724 bits per heavy atom. The van der Waals surface area contributed by atoms with Gasteiger partial charge in [0.15, 0.2) is 0 Å². The van der Waals surface area contributed by atoms with Crippen LogP contribution in [0.5, 0.6) is 0 Å². The van der Waals surface area contributed by atoms with Gasteiger partial charge in [-0.1, -0.05) is 116 Å². The van der Waals surface area contributed by atoms with Gasteiger partial charge in [-0.15, -0.1) is 0 Å². The minimum Gasteiger partial charge on any atom is -0.309 e. The van der Waals surface area contributed by atoms with Crippen LogP contribution < -0.4 is 0 Å². The molecule has 3 nitrogen and oxygen atoms in total. The summed E-state index contributed by atoms with van der Waals surface area (Å²) < 4.78 is 7.09. The van der Waals surface area contributed by atoms with Crippen molar-refractivity contribution in [2.24, 2.45) is 0 Å². The normalized spacial score (nSPS) is 11.9. The molecule has 58 heavy (non-hydrogen) atoms. The fourth-order valence-corrected chi connectivity index (χ4v) is 9.16. The predicted octanol–water partition coefficient (Wildman–Crippen LogP) is 14.8. The number of fused-ring (bicyclic) bond motifs is 7. The van der Waals surface area contributed by atoms with Gasteiger partial charge in [0.1, 0.15) is 0 Å². The molecule has 0 saturated carbocycles. The third-order valence-electron chi connectivity index (χ3n) is 11.7. The maximum atomic E-state index is 4.24. The first-order valence-electron chi connectivity index (χ1n) is 19.9. The lowest BCUT2D eigenvalue weighted by Gasteiger charge is -2.10. The van der Waals surface area contributed by atoms with Gasteiger partial charge in [0, 0.05) is 49.6 Å². The van der Waals surface area contributed by atoms with Crippen LogP contribution in [0, 0.1) is 0 Å². The highest BCUT2D eigenvalue weighted by molar-refractivity contribution is 6.13. The number of allylic oxidation sites excluding steroid dienone is 1. The first kappa shape index (κ1) is 33.7. The first-order chi connectivity index (χ1) is 28.7. The van der Waals surface area contributed by atoms with Gasteiger partial charge < -0.3 is 13.7 Å². The summed E-state index contributed by atoms with van der Waals surface area (Å²) in [5.74, 6) is 0. The van der Waals surface area contributed by atoms with E-state index in [-0.39, 0.29) is 0 Å². The van der Waals surface area contributed by atoms with E-state index in [1.165, 1.54) is 82.5 Å². The Morgan fingerprint density at radius 1 is 0.362 bits per heavy atom. The Bertz CT molecular complexity index is 3390. The minimum absolute atomic E-state index is 1.09. The van der Waals surface area contributed by atoms with Gasteiger partial charge in [-0.05, 0) is 126 Å². The molecule has 8 aromatic carbocycles. The third-order valence-corrected chi connectivity index (χ3v) is 11.7. The molecule has 0 atom stereocenters. The molecule has 0 N–H and O–H groups in total. The van der Waals surface area contributed by atoms with Crippen molar-refractivity contribution in [2.75, 3.05) is 0 Å². The minimum atomic E-state index is 1.09. The average Bonchev–Trinajstić information content (AvgIpc) is 3.91. The number of rotatable bonds is 7. The van der Waals surface area contributed by atoms with E-state index in [0.29, 0.717) is 0 Å². The molecule has 0 aliphatic heterocycles. The lowest BCUT2D eigenvalue weighted by atomic mass is 9.98. The number of aromatic nitrogens is 3. The molecule has 3 heterocycles. The maximum Gasteiger partial charge on any atom is 0.0541 e. The highest BCUT2D eigenvalue weighted by Gasteiger charge is 2.19. The Balaban J connectivity index is 1.11. The van der Waals surface area contributed by atoms with E-state index in [1.54, 1.807) is 0 Å². The Labute approximate surface area is 337 Å². The van der Waals surface area contributed by atoms with Gasteiger partial charge in [0.25, 0.3) is 0 Å². The molecule has 0 spiro atoms.